The van der Waals surface area contributed by atoms with Gasteiger partial charge in [-0.2, -0.15) is 13.2 Å². The van der Waals surface area contributed by atoms with Crippen LogP contribution in [0.15, 0.2) is 0 Å². The van der Waals surface area contributed by atoms with Crippen molar-refractivity contribution < 1.29 is 27.9 Å². The predicted molar refractivity (Wildman–Crippen MR) is 57.8 cm³/mol. The lowest BCUT2D eigenvalue weighted by atomic mass is 9.94. The summed E-state index contributed by atoms with van der Waals surface area (Å²) >= 11 is 0.443. The van der Waals surface area contributed by atoms with Crippen molar-refractivity contribution in [2.75, 3.05) is 18.1 Å². The van der Waals surface area contributed by atoms with E-state index >= 15 is 0 Å². The smallest absolute Gasteiger partial charge is 0.397 e. The minimum absolute atomic E-state index is 0.117. The average molecular weight is 273 g/mol. The Balaban J connectivity index is 3.86. The first-order chi connectivity index (χ1) is 7.54. The largest absolute Gasteiger partial charge is 0.481 e. The van der Waals surface area contributed by atoms with Crippen molar-refractivity contribution in [3.8, 4) is 0 Å². The van der Waals surface area contributed by atoms with Crippen LogP contribution in [0.4, 0.5) is 13.2 Å². The molecule has 0 heterocycles. The zero-order valence-corrected chi connectivity index (χ0v) is 10.2. The molecule has 0 spiro atoms. The van der Waals surface area contributed by atoms with Crippen LogP contribution in [0.2, 0.25) is 0 Å². The van der Waals surface area contributed by atoms with E-state index in [2.05, 4.69) is 5.32 Å². The van der Waals surface area contributed by atoms with Crippen LogP contribution in [0.3, 0.4) is 0 Å². The van der Waals surface area contributed by atoms with E-state index in [4.69, 9.17) is 5.11 Å². The number of carbonyl (C=O) groups excluding carboxylic acids is 1. The zero-order valence-electron chi connectivity index (χ0n) is 9.43. The van der Waals surface area contributed by atoms with Gasteiger partial charge in [-0.1, -0.05) is 0 Å². The van der Waals surface area contributed by atoms with Gasteiger partial charge in [0.15, 0.2) is 0 Å². The van der Waals surface area contributed by atoms with Crippen LogP contribution >= 0.6 is 11.8 Å². The number of carbonyl (C=O) groups is 2. The Kier molecular flexibility index (Phi) is 5.80. The molecule has 1 amide bonds. The second-order valence-corrected chi connectivity index (χ2v) is 5.06. The molecule has 8 heteroatoms. The molecule has 0 saturated heterocycles. The number of hydrogen-bond acceptors (Lipinski definition) is 3. The van der Waals surface area contributed by atoms with Crippen LogP contribution in [-0.4, -0.2) is 41.2 Å². The van der Waals surface area contributed by atoms with Crippen LogP contribution < -0.4 is 5.32 Å². The highest BCUT2D eigenvalue weighted by Gasteiger charge is 2.29. The second kappa shape index (κ2) is 6.13. The third-order valence-corrected chi connectivity index (χ3v) is 2.80. The molecule has 0 fully saturated rings. The first-order valence-corrected chi connectivity index (χ1v) is 5.85. The Morgan fingerprint density at radius 2 is 1.82 bits per heavy atom. The van der Waals surface area contributed by atoms with E-state index in [0.717, 1.165) is 0 Å². The van der Waals surface area contributed by atoms with E-state index < -0.39 is 29.2 Å². The van der Waals surface area contributed by atoms with Crippen LogP contribution in [0.5, 0.6) is 0 Å². The van der Waals surface area contributed by atoms with Gasteiger partial charge in [0.05, 0.1) is 16.9 Å². The van der Waals surface area contributed by atoms with Crippen LogP contribution in [0, 0.1) is 5.41 Å². The van der Waals surface area contributed by atoms with Crippen molar-refractivity contribution in [2.45, 2.75) is 20.0 Å². The predicted octanol–water partition coefficient (Wildman–Crippen LogP) is 1.51. The van der Waals surface area contributed by atoms with E-state index in [-0.39, 0.29) is 12.3 Å². The number of carboxylic acids is 1. The molecular weight excluding hydrogens is 259 g/mol. The lowest BCUT2D eigenvalue weighted by molar-refractivity contribution is -0.146. The molecule has 0 radical (unpaired) electrons. The minimum Gasteiger partial charge on any atom is -0.481 e. The Hall–Kier alpha value is -0.920. The van der Waals surface area contributed by atoms with Gasteiger partial charge in [0, 0.05) is 6.54 Å². The number of rotatable bonds is 6. The van der Waals surface area contributed by atoms with E-state index in [1.54, 1.807) is 0 Å². The van der Waals surface area contributed by atoms with Crippen molar-refractivity contribution in [1.82, 2.24) is 5.32 Å². The standard InChI is InChI=1S/C9H14F3NO3S/c1-8(2,7(15)16)4-13-6(14)3-17-5-9(10,11)12/h3-5H2,1-2H3,(H,13,14)(H,15,16). The number of aliphatic carboxylic acids is 1. The van der Waals surface area contributed by atoms with Crippen molar-refractivity contribution in [2.24, 2.45) is 5.41 Å². The molecule has 0 atom stereocenters. The summed E-state index contributed by atoms with van der Waals surface area (Å²) in [5, 5.41) is 11.0. The van der Waals surface area contributed by atoms with E-state index in [1.807, 2.05) is 0 Å². The molecule has 17 heavy (non-hydrogen) atoms. The summed E-state index contributed by atoms with van der Waals surface area (Å²) in [5.41, 5.74) is -1.13. The first-order valence-electron chi connectivity index (χ1n) is 4.69. The van der Waals surface area contributed by atoms with Crippen LogP contribution in [-0.2, 0) is 9.59 Å². The quantitative estimate of drug-likeness (QED) is 0.770. The van der Waals surface area contributed by atoms with Crippen LogP contribution in [0.1, 0.15) is 13.8 Å². The summed E-state index contributed by atoms with van der Waals surface area (Å²) in [7, 11) is 0. The van der Waals surface area contributed by atoms with Gasteiger partial charge in [-0.05, 0) is 13.8 Å². The Labute approximate surface area is 101 Å². The van der Waals surface area contributed by atoms with Gasteiger partial charge in [-0.3, -0.25) is 9.59 Å². The van der Waals surface area contributed by atoms with Gasteiger partial charge >= 0.3 is 12.1 Å². The van der Waals surface area contributed by atoms with E-state index in [0.29, 0.717) is 11.8 Å². The van der Waals surface area contributed by atoms with Gasteiger partial charge in [-0.15, -0.1) is 11.8 Å². The molecule has 4 nitrogen and oxygen atoms in total. The second-order valence-electron chi connectivity index (χ2n) is 4.07. The molecule has 0 aromatic rings. The lowest BCUT2D eigenvalue weighted by Gasteiger charge is -2.19. The van der Waals surface area contributed by atoms with Crippen molar-refractivity contribution in [1.29, 1.82) is 0 Å². The summed E-state index contributed by atoms with van der Waals surface area (Å²) in [6.07, 6.45) is -4.30. The van der Waals surface area contributed by atoms with Gasteiger partial charge in [0.1, 0.15) is 0 Å². The summed E-state index contributed by atoms with van der Waals surface area (Å²) in [5.74, 6) is -3.12. The third-order valence-electron chi connectivity index (χ3n) is 1.81. The molecule has 0 aliphatic heterocycles. The summed E-state index contributed by atoms with van der Waals surface area (Å²) < 4.78 is 35.3. The molecular formula is C9H14F3NO3S. The van der Waals surface area contributed by atoms with Crippen molar-refractivity contribution in [3.63, 3.8) is 0 Å². The summed E-state index contributed by atoms with van der Waals surface area (Å²) in [6, 6.07) is 0. The third kappa shape index (κ3) is 7.89. The molecule has 100 valence electrons. The normalized spacial score (nSPS) is 12.3. The van der Waals surface area contributed by atoms with Gasteiger partial charge in [0.2, 0.25) is 5.91 Å². The number of nitrogens with one attached hydrogen (secondary N) is 1. The summed E-state index contributed by atoms with van der Waals surface area (Å²) in [6.45, 7) is 2.71. The molecule has 0 aliphatic carbocycles. The molecule has 0 aromatic heterocycles. The highest BCUT2D eigenvalue weighted by atomic mass is 32.2. The van der Waals surface area contributed by atoms with Gasteiger partial charge < -0.3 is 10.4 Å². The maximum absolute atomic E-state index is 11.8. The molecule has 0 saturated carbocycles. The van der Waals surface area contributed by atoms with Crippen LogP contribution in [0.25, 0.3) is 0 Å². The molecule has 2 N–H and O–H groups in total. The maximum atomic E-state index is 11.8. The fourth-order valence-corrected chi connectivity index (χ4v) is 1.33. The van der Waals surface area contributed by atoms with Gasteiger partial charge in [-0.25, -0.2) is 0 Å². The minimum atomic E-state index is -4.30. The number of amides is 1. The Morgan fingerprint density at radius 3 is 2.24 bits per heavy atom. The number of alkyl halides is 3. The lowest BCUT2D eigenvalue weighted by Crippen LogP contribution is -2.39. The molecule has 0 aliphatic rings. The topological polar surface area (TPSA) is 66.4 Å². The fraction of sp³-hybridized carbons (Fsp3) is 0.778. The number of halogens is 3. The maximum Gasteiger partial charge on any atom is 0.397 e. The highest BCUT2D eigenvalue weighted by Crippen LogP contribution is 2.20. The molecule has 0 unspecified atom stereocenters. The molecule has 0 bridgehead atoms. The fourth-order valence-electron chi connectivity index (χ4n) is 0.706. The highest BCUT2D eigenvalue weighted by molar-refractivity contribution is 8.00. The van der Waals surface area contributed by atoms with Gasteiger partial charge in [0.25, 0.3) is 0 Å². The molecule has 0 aromatic carbocycles. The molecule has 0 rings (SSSR count). The monoisotopic (exact) mass is 273 g/mol. The number of thioether (sulfide) groups is 1. The average Bonchev–Trinajstić information content (AvgIpc) is 2.12. The van der Waals surface area contributed by atoms with E-state index in [1.165, 1.54) is 13.8 Å². The van der Waals surface area contributed by atoms with E-state index in [9.17, 15) is 22.8 Å². The number of hydrogen-bond donors (Lipinski definition) is 2. The Morgan fingerprint density at radius 1 is 1.29 bits per heavy atom. The van der Waals surface area contributed by atoms with Crippen molar-refractivity contribution in [3.05, 3.63) is 0 Å². The number of carboxylic acid groups (broad SMARTS) is 1. The van der Waals surface area contributed by atoms with Crippen molar-refractivity contribution >= 4 is 23.6 Å². The first kappa shape index (κ1) is 16.1. The zero-order chi connectivity index (χ0) is 13.7. The summed E-state index contributed by atoms with van der Waals surface area (Å²) in [4.78, 5) is 21.8. The Bertz CT molecular complexity index is 292. The SMILES string of the molecule is CC(C)(CNC(=O)CSCC(F)(F)F)C(=O)O.